The highest BCUT2D eigenvalue weighted by Crippen LogP contribution is 2.32. The zero-order chi connectivity index (χ0) is 25.2. The van der Waals surface area contributed by atoms with E-state index in [1.165, 1.54) is 0 Å². The lowest BCUT2D eigenvalue weighted by Gasteiger charge is -2.23. The fourth-order valence-corrected chi connectivity index (χ4v) is 4.22. The van der Waals surface area contributed by atoms with Gasteiger partial charge >= 0.3 is 5.97 Å². The molecule has 1 amide bonds. The number of carbonyl (C=O) groups excluding carboxylic acids is 2. The number of esters is 1. The number of nitrogens with one attached hydrogen (secondary N) is 1. The van der Waals surface area contributed by atoms with E-state index in [1.54, 1.807) is 6.92 Å². The Morgan fingerprint density at radius 2 is 1.74 bits per heavy atom. The average Bonchev–Trinajstić information content (AvgIpc) is 3.03. The molecule has 1 unspecified atom stereocenters. The number of carbonyl (C=O) groups is 2. The maximum atomic E-state index is 13.3. The molecule has 3 rings (SSSR count). The van der Waals surface area contributed by atoms with Crippen LogP contribution in [0.25, 0.3) is 17.2 Å². The molecule has 0 aromatic heterocycles. The normalized spacial score (nSPS) is 15.1. The van der Waals surface area contributed by atoms with Crippen molar-refractivity contribution in [3.8, 4) is 11.1 Å². The fourth-order valence-electron chi connectivity index (χ4n) is 4.22. The number of hydrogen-bond donors (Lipinski definition) is 2. The van der Waals surface area contributed by atoms with Crippen molar-refractivity contribution in [3.05, 3.63) is 59.2 Å². The number of fused-ring (bicyclic) bond motifs is 1. The lowest BCUT2D eigenvalue weighted by atomic mass is 9.99. The standard InChI is InChI=1S/C27H35N5O3/c1-4-13-32(14-5-2)27(34)23-16-22-12-11-21(17-24(22)29-25(18-23)30-31-28)20-9-7-19(8-10-20)15-26(33)35-6-3/h7-12,16-17,25,29H,4-6,13-15,18H2,1-3H3,(H2,28,30). The highest BCUT2D eigenvalue weighted by atomic mass is 16.5. The summed E-state index contributed by atoms with van der Waals surface area (Å²) in [5, 5.41) is 11.0. The maximum Gasteiger partial charge on any atom is 0.310 e. The molecule has 8 nitrogen and oxygen atoms in total. The van der Waals surface area contributed by atoms with E-state index >= 15 is 0 Å². The zero-order valence-corrected chi connectivity index (χ0v) is 20.8. The summed E-state index contributed by atoms with van der Waals surface area (Å²) in [5.41, 5.74) is 5.38. The molecule has 186 valence electrons. The fraction of sp³-hybridized carbons (Fsp3) is 0.407. The van der Waals surface area contributed by atoms with Crippen LogP contribution >= 0.6 is 0 Å². The largest absolute Gasteiger partial charge is 0.466 e. The van der Waals surface area contributed by atoms with E-state index in [-0.39, 0.29) is 18.3 Å². The second-order valence-electron chi connectivity index (χ2n) is 8.54. The van der Waals surface area contributed by atoms with E-state index in [0.717, 1.165) is 53.9 Å². The zero-order valence-electron chi connectivity index (χ0n) is 20.8. The van der Waals surface area contributed by atoms with E-state index in [9.17, 15) is 9.59 Å². The first-order valence-corrected chi connectivity index (χ1v) is 12.2. The van der Waals surface area contributed by atoms with Gasteiger partial charge in [0.05, 0.1) is 13.0 Å². The first kappa shape index (κ1) is 25.9. The molecular weight excluding hydrogens is 442 g/mol. The Morgan fingerprint density at radius 1 is 1.06 bits per heavy atom. The van der Waals surface area contributed by atoms with Crippen LogP contribution in [0, 0.1) is 0 Å². The lowest BCUT2D eigenvalue weighted by Crippen LogP contribution is -2.34. The van der Waals surface area contributed by atoms with Gasteiger partial charge in [0, 0.05) is 30.8 Å². The molecule has 0 fully saturated rings. The predicted molar refractivity (Wildman–Crippen MR) is 138 cm³/mol. The van der Waals surface area contributed by atoms with Gasteiger partial charge in [-0.1, -0.05) is 55.5 Å². The van der Waals surface area contributed by atoms with Crippen LogP contribution in [0.5, 0.6) is 0 Å². The number of anilines is 1. The summed E-state index contributed by atoms with van der Waals surface area (Å²) in [6, 6.07) is 13.9. The van der Waals surface area contributed by atoms with Gasteiger partial charge in [-0.3, -0.25) is 9.59 Å². The van der Waals surface area contributed by atoms with Gasteiger partial charge < -0.3 is 20.8 Å². The van der Waals surface area contributed by atoms with Gasteiger partial charge in [0.2, 0.25) is 5.91 Å². The highest BCUT2D eigenvalue weighted by Gasteiger charge is 2.24. The van der Waals surface area contributed by atoms with Crippen molar-refractivity contribution in [3.63, 3.8) is 0 Å². The number of ether oxygens (including phenoxy) is 1. The van der Waals surface area contributed by atoms with Gasteiger partial charge in [-0.2, -0.15) is 0 Å². The van der Waals surface area contributed by atoms with Gasteiger partial charge in [0.25, 0.3) is 0 Å². The molecule has 1 heterocycles. The summed E-state index contributed by atoms with van der Waals surface area (Å²) in [6.07, 6.45) is 3.96. The minimum absolute atomic E-state index is 0.0295. The first-order chi connectivity index (χ1) is 17.0. The third-order valence-corrected chi connectivity index (χ3v) is 5.81. The minimum Gasteiger partial charge on any atom is -0.466 e. The third-order valence-electron chi connectivity index (χ3n) is 5.81. The Morgan fingerprint density at radius 3 is 2.37 bits per heavy atom. The van der Waals surface area contributed by atoms with Crippen LogP contribution in [-0.4, -0.2) is 42.6 Å². The molecule has 1 aliphatic rings. The molecule has 1 aliphatic heterocycles. The summed E-state index contributed by atoms with van der Waals surface area (Å²) in [5.74, 6) is 5.16. The van der Waals surface area contributed by atoms with Crippen molar-refractivity contribution in [1.82, 2.24) is 4.90 Å². The van der Waals surface area contributed by atoms with Gasteiger partial charge in [0.15, 0.2) is 0 Å². The van der Waals surface area contributed by atoms with Crippen molar-refractivity contribution in [2.75, 3.05) is 25.0 Å². The van der Waals surface area contributed by atoms with Crippen LogP contribution in [0.15, 0.2) is 58.4 Å². The first-order valence-electron chi connectivity index (χ1n) is 12.2. The molecule has 1 atom stereocenters. The van der Waals surface area contributed by atoms with E-state index in [2.05, 4.69) is 29.5 Å². The Balaban J connectivity index is 1.90. The molecule has 8 heteroatoms. The van der Waals surface area contributed by atoms with Crippen LogP contribution in [0.2, 0.25) is 0 Å². The van der Waals surface area contributed by atoms with Gasteiger partial charge in [-0.15, -0.1) is 5.11 Å². The lowest BCUT2D eigenvalue weighted by molar-refractivity contribution is -0.142. The number of amides is 1. The quantitative estimate of drug-likeness (QED) is 0.218. The van der Waals surface area contributed by atoms with E-state index in [4.69, 9.17) is 10.6 Å². The number of hydrogen-bond acceptors (Lipinski definition) is 6. The second kappa shape index (κ2) is 12.7. The number of benzene rings is 2. The predicted octanol–water partition coefficient (Wildman–Crippen LogP) is 4.96. The average molecular weight is 478 g/mol. The Hall–Kier alpha value is -3.68. The van der Waals surface area contributed by atoms with Crippen molar-refractivity contribution < 1.29 is 14.3 Å². The Labute approximate surface area is 207 Å². The highest BCUT2D eigenvalue weighted by molar-refractivity contribution is 5.99. The number of nitrogens with two attached hydrogens (primary N) is 1. The second-order valence-corrected chi connectivity index (χ2v) is 8.54. The summed E-state index contributed by atoms with van der Waals surface area (Å²) in [4.78, 5) is 27.0. The molecule has 2 aromatic carbocycles. The van der Waals surface area contributed by atoms with Crippen molar-refractivity contribution in [2.45, 2.75) is 52.6 Å². The third kappa shape index (κ3) is 6.91. The Kier molecular flexibility index (Phi) is 9.40. The van der Waals surface area contributed by atoms with Crippen molar-refractivity contribution in [1.29, 1.82) is 0 Å². The molecule has 2 aromatic rings. The van der Waals surface area contributed by atoms with Crippen LogP contribution in [0.3, 0.4) is 0 Å². The van der Waals surface area contributed by atoms with Crippen molar-refractivity contribution in [2.24, 2.45) is 16.2 Å². The summed E-state index contributed by atoms with van der Waals surface area (Å²) < 4.78 is 5.03. The molecule has 0 saturated carbocycles. The van der Waals surface area contributed by atoms with Gasteiger partial charge in [0.1, 0.15) is 6.17 Å². The number of nitrogens with zero attached hydrogens (tertiary/aromatic N) is 3. The summed E-state index contributed by atoms with van der Waals surface area (Å²) in [6.45, 7) is 7.76. The van der Waals surface area contributed by atoms with Crippen LogP contribution in [0.4, 0.5) is 5.69 Å². The molecule has 0 saturated heterocycles. The molecular formula is C27H35N5O3. The SMILES string of the molecule is CCCN(CCC)C(=O)C1=Cc2ccc(-c3ccc(CC(=O)OCC)cc3)cc2NC(N=NN)C1. The minimum atomic E-state index is -0.441. The van der Waals surface area contributed by atoms with Crippen LogP contribution < -0.4 is 11.2 Å². The van der Waals surface area contributed by atoms with Gasteiger partial charge in [-0.05, 0) is 54.2 Å². The summed E-state index contributed by atoms with van der Waals surface area (Å²) >= 11 is 0. The smallest absolute Gasteiger partial charge is 0.310 e. The van der Waals surface area contributed by atoms with Crippen LogP contribution in [-0.2, 0) is 20.7 Å². The Bertz CT molecular complexity index is 1070. The number of rotatable bonds is 10. The molecule has 3 N–H and O–H groups in total. The van der Waals surface area contributed by atoms with E-state index in [0.29, 0.717) is 18.6 Å². The maximum absolute atomic E-state index is 13.3. The molecule has 0 radical (unpaired) electrons. The van der Waals surface area contributed by atoms with Crippen LogP contribution in [0.1, 0.15) is 51.2 Å². The summed E-state index contributed by atoms with van der Waals surface area (Å²) in [7, 11) is 0. The molecule has 0 spiro atoms. The molecule has 0 aliphatic carbocycles. The monoisotopic (exact) mass is 477 g/mol. The molecule has 0 bridgehead atoms. The van der Waals surface area contributed by atoms with E-state index < -0.39 is 6.17 Å². The topological polar surface area (TPSA) is 109 Å². The van der Waals surface area contributed by atoms with E-state index in [1.807, 2.05) is 53.4 Å². The van der Waals surface area contributed by atoms with Crippen molar-refractivity contribution >= 4 is 23.6 Å². The molecule has 35 heavy (non-hydrogen) atoms. The van der Waals surface area contributed by atoms with Gasteiger partial charge in [-0.25, -0.2) is 0 Å².